The lowest BCUT2D eigenvalue weighted by Gasteiger charge is -1.98. The van der Waals surface area contributed by atoms with Crippen molar-refractivity contribution in [3.05, 3.63) is 60.7 Å². The number of hydrogen-bond donors (Lipinski definition) is 2. The molecule has 2 aromatic rings. The molecule has 0 spiro atoms. The van der Waals surface area contributed by atoms with Gasteiger partial charge in [0.2, 0.25) is 6.41 Å². The summed E-state index contributed by atoms with van der Waals surface area (Å²) in [7, 11) is 0. The zero-order chi connectivity index (χ0) is 15.8. The Morgan fingerprint density at radius 3 is 1.43 bits per heavy atom. The third-order valence-corrected chi connectivity index (χ3v) is 2.34. The van der Waals surface area contributed by atoms with Crippen molar-refractivity contribution in [1.29, 1.82) is 0 Å². The van der Waals surface area contributed by atoms with Crippen LogP contribution in [-0.2, 0) is 9.53 Å². The van der Waals surface area contributed by atoms with Crippen molar-refractivity contribution in [2.24, 2.45) is 0 Å². The molecule has 0 saturated carbocycles. The Bertz CT molecular complexity index is 407. The van der Waals surface area contributed by atoms with E-state index in [1.165, 1.54) is 16.6 Å². The minimum Gasteiger partial charge on any atom is -0.382 e. The zero-order valence-corrected chi connectivity index (χ0v) is 12.5. The first-order valence-corrected chi connectivity index (χ1v) is 6.81. The minimum absolute atomic E-state index is 0.181. The number of hydrogen-bond acceptors (Lipinski definition) is 3. The van der Waals surface area contributed by atoms with E-state index in [-0.39, 0.29) is 6.41 Å². The number of amides is 1. The number of rotatable bonds is 4. The highest BCUT2D eigenvalue weighted by molar-refractivity contribution is 5.62. The zero-order valence-electron chi connectivity index (χ0n) is 12.5. The van der Waals surface area contributed by atoms with Crippen LogP contribution in [0.15, 0.2) is 60.7 Å². The molecule has 0 saturated heterocycles. The summed E-state index contributed by atoms with van der Waals surface area (Å²) in [5.74, 6) is 0. The number of ether oxygens (including phenoxy) is 1. The fourth-order valence-corrected chi connectivity index (χ4v) is 1.47. The molecule has 0 fully saturated rings. The van der Waals surface area contributed by atoms with Gasteiger partial charge in [0, 0.05) is 13.2 Å². The molecule has 0 unspecified atom stereocenters. The summed E-state index contributed by atoms with van der Waals surface area (Å²) in [6.45, 7) is 5.67. The van der Waals surface area contributed by atoms with Gasteiger partial charge in [-0.3, -0.25) is 10.0 Å². The molecule has 114 valence electrons. The second kappa shape index (κ2) is 14.2. The molecule has 0 bridgehead atoms. The smallest absolute Gasteiger partial charge is 0.230 e. The largest absolute Gasteiger partial charge is 0.382 e. The molecule has 0 heterocycles. The Hall–Kier alpha value is -2.17. The summed E-state index contributed by atoms with van der Waals surface area (Å²) in [5.41, 5.74) is 3.80. The lowest BCUT2D eigenvalue weighted by atomic mass is 10.1. The van der Waals surface area contributed by atoms with E-state index in [2.05, 4.69) is 48.5 Å². The highest BCUT2D eigenvalue weighted by Gasteiger charge is 1.91. The standard InChI is InChI=1S/C12H10.C4H10O.CH3NO2/c1-3-7-11(8-4-1)12-9-5-2-6-10-12;1-3-5-4-2;3-1-2-4/h1-10H;3-4H2,1-2H3;1,4H,(H,2,3). The molecular weight excluding hydrogens is 266 g/mol. The maximum atomic E-state index is 8.81. The van der Waals surface area contributed by atoms with Crippen LogP contribution >= 0.6 is 0 Å². The number of carbonyl (C=O) groups excluding carboxylic acids is 1. The Morgan fingerprint density at radius 2 is 1.24 bits per heavy atom. The van der Waals surface area contributed by atoms with Crippen molar-refractivity contribution in [3.63, 3.8) is 0 Å². The summed E-state index contributed by atoms with van der Waals surface area (Å²) in [4.78, 5) is 8.81. The molecule has 0 aliphatic rings. The van der Waals surface area contributed by atoms with E-state index in [9.17, 15) is 0 Å². The summed E-state index contributed by atoms with van der Waals surface area (Å²) in [6, 6.07) is 20.8. The van der Waals surface area contributed by atoms with Gasteiger partial charge < -0.3 is 4.74 Å². The van der Waals surface area contributed by atoms with Crippen molar-refractivity contribution >= 4 is 6.41 Å². The number of carbonyl (C=O) groups is 1. The molecule has 4 nitrogen and oxygen atoms in total. The first kappa shape index (κ1) is 18.8. The minimum atomic E-state index is 0.181. The number of hydroxylamine groups is 1. The second-order valence-corrected chi connectivity index (χ2v) is 3.76. The first-order valence-electron chi connectivity index (χ1n) is 6.81. The summed E-state index contributed by atoms with van der Waals surface area (Å²) in [6.07, 6.45) is 0.181. The van der Waals surface area contributed by atoms with Gasteiger partial charge in [0.1, 0.15) is 0 Å². The van der Waals surface area contributed by atoms with Crippen LogP contribution < -0.4 is 5.48 Å². The predicted octanol–water partition coefficient (Wildman–Crippen LogP) is 3.52. The maximum absolute atomic E-state index is 8.81. The van der Waals surface area contributed by atoms with Crippen LogP contribution in [0.1, 0.15) is 13.8 Å². The molecule has 4 heteroatoms. The van der Waals surface area contributed by atoms with Crippen LogP contribution in [0, 0.1) is 0 Å². The lowest BCUT2D eigenvalue weighted by Crippen LogP contribution is -1.99. The van der Waals surface area contributed by atoms with Crippen LogP contribution in [0.2, 0.25) is 0 Å². The molecule has 21 heavy (non-hydrogen) atoms. The predicted molar refractivity (Wildman–Crippen MR) is 85.0 cm³/mol. The molecule has 0 atom stereocenters. The third-order valence-electron chi connectivity index (χ3n) is 2.34. The number of benzene rings is 2. The lowest BCUT2D eigenvalue weighted by molar-refractivity contribution is -0.116. The third kappa shape index (κ3) is 10.3. The Labute approximate surface area is 126 Å². The summed E-state index contributed by atoms with van der Waals surface area (Å²) < 4.78 is 4.83. The van der Waals surface area contributed by atoms with Gasteiger partial charge >= 0.3 is 0 Å². The van der Waals surface area contributed by atoms with Crippen LogP contribution in [0.3, 0.4) is 0 Å². The molecular formula is C17H23NO3. The SMILES string of the molecule is CCOCC.O=CNO.c1ccc(-c2ccccc2)cc1. The van der Waals surface area contributed by atoms with Gasteiger partial charge in [0.05, 0.1) is 0 Å². The molecule has 0 aliphatic heterocycles. The van der Waals surface area contributed by atoms with Crippen molar-refractivity contribution in [2.45, 2.75) is 13.8 Å². The molecule has 0 radical (unpaired) electrons. The van der Waals surface area contributed by atoms with Gasteiger partial charge in [-0.25, -0.2) is 5.48 Å². The molecule has 1 amide bonds. The molecule has 2 rings (SSSR count). The maximum Gasteiger partial charge on any atom is 0.230 e. The van der Waals surface area contributed by atoms with Crippen molar-refractivity contribution in [3.8, 4) is 11.1 Å². The van der Waals surface area contributed by atoms with Crippen LogP contribution in [0.5, 0.6) is 0 Å². The molecule has 0 aromatic heterocycles. The molecule has 0 aliphatic carbocycles. The van der Waals surface area contributed by atoms with Gasteiger partial charge in [0.25, 0.3) is 0 Å². The highest BCUT2D eigenvalue weighted by atomic mass is 16.5. The highest BCUT2D eigenvalue weighted by Crippen LogP contribution is 2.17. The summed E-state index contributed by atoms with van der Waals surface area (Å²) >= 11 is 0. The second-order valence-electron chi connectivity index (χ2n) is 3.76. The average Bonchev–Trinajstić information content (AvgIpc) is 2.58. The van der Waals surface area contributed by atoms with E-state index in [1.54, 1.807) is 0 Å². The van der Waals surface area contributed by atoms with Gasteiger partial charge in [0.15, 0.2) is 0 Å². The van der Waals surface area contributed by atoms with E-state index >= 15 is 0 Å². The Morgan fingerprint density at radius 1 is 0.905 bits per heavy atom. The fourth-order valence-electron chi connectivity index (χ4n) is 1.47. The number of nitrogens with one attached hydrogen (secondary N) is 1. The monoisotopic (exact) mass is 289 g/mol. The normalized spacial score (nSPS) is 8.52. The van der Waals surface area contributed by atoms with E-state index in [1.807, 2.05) is 26.0 Å². The van der Waals surface area contributed by atoms with E-state index in [0.29, 0.717) is 0 Å². The Kier molecular flexibility index (Phi) is 12.8. The van der Waals surface area contributed by atoms with Gasteiger partial charge in [-0.15, -0.1) is 0 Å². The molecule has 2 aromatic carbocycles. The Balaban J connectivity index is 0.000000374. The average molecular weight is 289 g/mol. The van der Waals surface area contributed by atoms with Crippen LogP contribution in [0.25, 0.3) is 11.1 Å². The van der Waals surface area contributed by atoms with Crippen LogP contribution in [0.4, 0.5) is 0 Å². The van der Waals surface area contributed by atoms with Crippen molar-refractivity contribution < 1.29 is 14.7 Å². The summed E-state index contributed by atoms with van der Waals surface area (Å²) in [5, 5.41) is 7.26. The van der Waals surface area contributed by atoms with Crippen molar-refractivity contribution in [1.82, 2.24) is 5.48 Å². The molecule has 2 N–H and O–H groups in total. The van der Waals surface area contributed by atoms with E-state index in [4.69, 9.17) is 14.7 Å². The van der Waals surface area contributed by atoms with Gasteiger partial charge in [-0.1, -0.05) is 60.7 Å². The van der Waals surface area contributed by atoms with Gasteiger partial charge in [-0.05, 0) is 25.0 Å². The van der Waals surface area contributed by atoms with Crippen molar-refractivity contribution in [2.75, 3.05) is 13.2 Å². The quantitative estimate of drug-likeness (QED) is 0.514. The first-order chi connectivity index (χ1) is 10.3. The van der Waals surface area contributed by atoms with Crippen LogP contribution in [-0.4, -0.2) is 24.8 Å². The van der Waals surface area contributed by atoms with Gasteiger partial charge in [-0.2, -0.15) is 0 Å². The topological polar surface area (TPSA) is 58.6 Å². The van der Waals surface area contributed by atoms with E-state index < -0.39 is 0 Å². The van der Waals surface area contributed by atoms with E-state index in [0.717, 1.165) is 13.2 Å². The fraction of sp³-hybridized carbons (Fsp3) is 0.235.